The van der Waals surface area contributed by atoms with Gasteiger partial charge in [0.1, 0.15) is 0 Å². The summed E-state index contributed by atoms with van der Waals surface area (Å²) in [7, 11) is 0. The average molecular weight is 344 g/mol. The van der Waals surface area contributed by atoms with E-state index < -0.39 is 0 Å². The second kappa shape index (κ2) is 8.45. The van der Waals surface area contributed by atoms with Crippen molar-refractivity contribution in [3.63, 3.8) is 0 Å². The molecule has 6 heteroatoms. The molecule has 1 N–H and O–H groups in total. The zero-order valence-corrected chi connectivity index (χ0v) is 14.8. The van der Waals surface area contributed by atoms with E-state index in [9.17, 15) is 9.59 Å². The summed E-state index contributed by atoms with van der Waals surface area (Å²) in [5, 5.41) is 3.35. The Hall–Kier alpha value is -0.650. The van der Waals surface area contributed by atoms with Crippen molar-refractivity contribution >= 4 is 24.2 Å². The summed E-state index contributed by atoms with van der Waals surface area (Å²) in [6.07, 6.45) is 7.74. The average Bonchev–Trinajstić information content (AvgIpc) is 2.94. The molecule has 1 spiro atoms. The standard InChI is InChI=1S/C17H29N3O2.ClH/c21-15-13-17(5-1-2-6-17)14-16(22)20(15)10-4-3-9-19-11-7-18-8-12-19;/h18H,1-14H2;1H. The molecule has 0 atom stereocenters. The lowest BCUT2D eigenvalue weighted by atomic mass is 9.76. The van der Waals surface area contributed by atoms with E-state index in [-0.39, 0.29) is 29.6 Å². The molecule has 2 heterocycles. The van der Waals surface area contributed by atoms with Gasteiger partial charge in [-0.05, 0) is 37.6 Å². The molecule has 23 heavy (non-hydrogen) atoms. The second-order valence-corrected chi connectivity index (χ2v) is 7.30. The van der Waals surface area contributed by atoms with Crippen molar-refractivity contribution in [1.82, 2.24) is 15.1 Å². The maximum absolute atomic E-state index is 12.3. The van der Waals surface area contributed by atoms with Gasteiger partial charge in [-0.1, -0.05) is 12.8 Å². The Morgan fingerprint density at radius 3 is 2.09 bits per heavy atom. The van der Waals surface area contributed by atoms with Crippen molar-refractivity contribution in [3.8, 4) is 0 Å². The summed E-state index contributed by atoms with van der Waals surface area (Å²) < 4.78 is 0. The number of carbonyl (C=O) groups is 2. The number of carbonyl (C=O) groups excluding carboxylic acids is 2. The van der Waals surface area contributed by atoms with E-state index in [0.717, 1.165) is 58.4 Å². The van der Waals surface area contributed by atoms with Crippen LogP contribution in [0.15, 0.2) is 0 Å². The van der Waals surface area contributed by atoms with E-state index in [4.69, 9.17) is 0 Å². The number of hydrogen-bond acceptors (Lipinski definition) is 4. The van der Waals surface area contributed by atoms with E-state index in [1.165, 1.54) is 12.8 Å². The van der Waals surface area contributed by atoms with E-state index >= 15 is 0 Å². The molecular formula is C17H30ClN3O2. The van der Waals surface area contributed by atoms with Gasteiger partial charge in [0.05, 0.1) is 0 Å². The molecule has 0 bridgehead atoms. The molecule has 3 aliphatic rings. The fourth-order valence-electron chi connectivity index (χ4n) is 4.30. The Kier molecular flexibility index (Phi) is 6.86. The lowest BCUT2D eigenvalue weighted by Gasteiger charge is -2.37. The highest BCUT2D eigenvalue weighted by molar-refractivity contribution is 5.98. The number of unbranched alkanes of at least 4 members (excludes halogenated alkanes) is 1. The van der Waals surface area contributed by atoms with Crippen LogP contribution in [0.25, 0.3) is 0 Å². The largest absolute Gasteiger partial charge is 0.314 e. The van der Waals surface area contributed by atoms with Crippen LogP contribution < -0.4 is 5.32 Å². The van der Waals surface area contributed by atoms with Crippen LogP contribution in [-0.2, 0) is 9.59 Å². The zero-order chi connectivity index (χ0) is 15.4. The SMILES string of the molecule is Cl.O=C1CC2(CCCC2)CC(=O)N1CCCCN1CCNCC1. The van der Waals surface area contributed by atoms with Gasteiger partial charge >= 0.3 is 0 Å². The maximum atomic E-state index is 12.3. The van der Waals surface area contributed by atoms with Gasteiger partial charge in [-0.25, -0.2) is 0 Å². The number of piperazine rings is 1. The maximum Gasteiger partial charge on any atom is 0.229 e. The van der Waals surface area contributed by atoms with Crippen LogP contribution in [0.1, 0.15) is 51.4 Å². The molecule has 1 aliphatic carbocycles. The molecule has 0 aromatic carbocycles. The van der Waals surface area contributed by atoms with E-state index in [1.54, 1.807) is 4.90 Å². The number of amides is 2. The van der Waals surface area contributed by atoms with Crippen molar-refractivity contribution < 1.29 is 9.59 Å². The zero-order valence-electron chi connectivity index (χ0n) is 14.0. The Bertz CT molecular complexity index is 398. The molecule has 1 saturated carbocycles. The Balaban J connectivity index is 0.00000192. The molecule has 0 aromatic rings. The molecule has 2 amide bonds. The van der Waals surface area contributed by atoms with Crippen molar-refractivity contribution in [1.29, 1.82) is 0 Å². The molecule has 0 radical (unpaired) electrons. The summed E-state index contributed by atoms with van der Waals surface area (Å²) in [6.45, 7) is 6.09. The predicted octanol–water partition coefficient (Wildman–Crippen LogP) is 1.80. The molecule has 132 valence electrons. The number of hydrogen-bond donors (Lipinski definition) is 1. The van der Waals surface area contributed by atoms with Gasteiger partial charge < -0.3 is 10.2 Å². The topological polar surface area (TPSA) is 52.7 Å². The van der Waals surface area contributed by atoms with Crippen LogP contribution in [0.2, 0.25) is 0 Å². The third-order valence-corrected chi connectivity index (χ3v) is 5.63. The van der Waals surface area contributed by atoms with Crippen molar-refractivity contribution in [2.24, 2.45) is 5.41 Å². The number of nitrogens with zero attached hydrogens (tertiary/aromatic N) is 2. The molecule has 5 nitrogen and oxygen atoms in total. The Morgan fingerprint density at radius 2 is 1.48 bits per heavy atom. The van der Waals surface area contributed by atoms with Crippen molar-refractivity contribution in [3.05, 3.63) is 0 Å². The number of imide groups is 1. The Morgan fingerprint density at radius 1 is 0.913 bits per heavy atom. The van der Waals surface area contributed by atoms with Crippen LogP contribution in [-0.4, -0.2) is 60.9 Å². The first kappa shape index (κ1) is 18.7. The molecule has 2 aliphatic heterocycles. The molecule has 0 unspecified atom stereocenters. The van der Waals surface area contributed by atoms with Gasteiger partial charge in [-0.15, -0.1) is 12.4 Å². The first-order chi connectivity index (χ1) is 10.7. The van der Waals surface area contributed by atoms with Gasteiger partial charge in [0.2, 0.25) is 11.8 Å². The highest BCUT2D eigenvalue weighted by Crippen LogP contribution is 2.46. The van der Waals surface area contributed by atoms with Crippen LogP contribution in [0.5, 0.6) is 0 Å². The molecular weight excluding hydrogens is 314 g/mol. The minimum Gasteiger partial charge on any atom is -0.314 e. The van der Waals surface area contributed by atoms with Gasteiger partial charge in [0.25, 0.3) is 0 Å². The summed E-state index contributed by atoms with van der Waals surface area (Å²) in [6, 6.07) is 0. The fourth-order valence-corrected chi connectivity index (χ4v) is 4.30. The van der Waals surface area contributed by atoms with Crippen LogP contribution in [0, 0.1) is 5.41 Å². The second-order valence-electron chi connectivity index (χ2n) is 7.30. The van der Waals surface area contributed by atoms with Crippen LogP contribution >= 0.6 is 12.4 Å². The highest BCUT2D eigenvalue weighted by Gasteiger charge is 2.44. The number of piperidine rings is 1. The molecule has 0 aromatic heterocycles. The van der Waals surface area contributed by atoms with Gasteiger partial charge in [-0.3, -0.25) is 14.5 Å². The van der Waals surface area contributed by atoms with Gasteiger partial charge in [0.15, 0.2) is 0 Å². The predicted molar refractivity (Wildman–Crippen MR) is 92.6 cm³/mol. The molecule has 2 saturated heterocycles. The fraction of sp³-hybridized carbons (Fsp3) is 0.882. The third kappa shape index (κ3) is 4.68. The monoisotopic (exact) mass is 343 g/mol. The summed E-state index contributed by atoms with van der Waals surface area (Å²) in [4.78, 5) is 28.7. The lowest BCUT2D eigenvalue weighted by molar-refractivity contribution is -0.153. The number of nitrogens with one attached hydrogen (secondary N) is 1. The van der Waals surface area contributed by atoms with Crippen molar-refractivity contribution in [2.75, 3.05) is 39.3 Å². The van der Waals surface area contributed by atoms with Crippen LogP contribution in [0.3, 0.4) is 0 Å². The smallest absolute Gasteiger partial charge is 0.229 e. The van der Waals surface area contributed by atoms with Crippen LogP contribution in [0.4, 0.5) is 0 Å². The summed E-state index contributed by atoms with van der Waals surface area (Å²) in [5.41, 5.74) is 0.0332. The third-order valence-electron chi connectivity index (χ3n) is 5.63. The number of likely N-dealkylation sites (tertiary alicyclic amines) is 1. The van der Waals surface area contributed by atoms with E-state index in [1.807, 2.05) is 0 Å². The minimum absolute atomic E-state index is 0. The first-order valence-corrected chi connectivity index (χ1v) is 8.95. The van der Waals surface area contributed by atoms with E-state index in [0.29, 0.717) is 19.4 Å². The van der Waals surface area contributed by atoms with Gasteiger partial charge in [0, 0.05) is 45.6 Å². The van der Waals surface area contributed by atoms with Gasteiger partial charge in [-0.2, -0.15) is 0 Å². The number of rotatable bonds is 5. The minimum atomic E-state index is 0. The Labute approximate surface area is 145 Å². The summed E-state index contributed by atoms with van der Waals surface area (Å²) in [5.74, 6) is 0.167. The normalized spacial score (nSPS) is 25.0. The molecule has 3 fully saturated rings. The number of halogens is 1. The van der Waals surface area contributed by atoms with E-state index in [2.05, 4.69) is 10.2 Å². The summed E-state index contributed by atoms with van der Waals surface area (Å²) >= 11 is 0. The van der Waals surface area contributed by atoms with Crippen molar-refractivity contribution in [2.45, 2.75) is 51.4 Å². The molecule has 3 rings (SSSR count). The quantitative estimate of drug-likeness (QED) is 0.611. The lowest BCUT2D eigenvalue weighted by Crippen LogP contribution is -2.47. The first-order valence-electron chi connectivity index (χ1n) is 8.95. The highest BCUT2D eigenvalue weighted by atomic mass is 35.5.